The van der Waals surface area contributed by atoms with E-state index in [0.717, 1.165) is 11.1 Å². The van der Waals surface area contributed by atoms with E-state index >= 15 is 0 Å². The van der Waals surface area contributed by atoms with E-state index < -0.39 is 10.1 Å². The zero-order valence-corrected chi connectivity index (χ0v) is 8.75. The van der Waals surface area contributed by atoms with Crippen LogP contribution in [0.25, 0.3) is 0 Å². The van der Waals surface area contributed by atoms with E-state index in [0.29, 0.717) is 0 Å². The van der Waals surface area contributed by atoms with Gasteiger partial charge in [0, 0.05) is 5.92 Å². The summed E-state index contributed by atoms with van der Waals surface area (Å²) in [6, 6.07) is 7.89. The van der Waals surface area contributed by atoms with Gasteiger partial charge in [0.25, 0.3) is 10.1 Å². The molecular weight excluding hydrogens is 200 g/mol. The van der Waals surface area contributed by atoms with Crippen LogP contribution < -0.4 is 0 Å². The Labute approximate surface area is 83.8 Å². The summed E-state index contributed by atoms with van der Waals surface area (Å²) < 4.78 is 26.9. The zero-order chi connectivity index (χ0) is 10.2. The van der Waals surface area contributed by atoms with Gasteiger partial charge in [0.1, 0.15) is 0 Å². The van der Waals surface area contributed by atoms with Crippen LogP contribution in [-0.4, -0.2) is 20.8 Å². The maximum Gasteiger partial charge on any atom is 0.268 e. The van der Waals surface area contributed by atoms with Gasteiger partial charge in [-0.15, -0.1) is 0 Å². The average Bonchev–Trinajstić information content (AvgIpc) is 2.46. The number of aryl methyl sites for hydroxylation is 1. The van der Waals surface area contributed by atoms with E-state index in [-0.39, 0.29) is 18.3 Å². The third kappa shape index (κ3) is 1.96. The number of hydrogen-bond acceptors (Lipinski definition) is 3. The van der Waals surface area contributed by atoms with Crippen LogP contribution in [0, 0.1) is 6.92 Å². The summed E-state index contributed by atoms with van der Waals surface area (Å²) in [5.74, 6) is 0.107. The highest BCUT2D eigenvalue weighted by atomic mass is 32.2. The van der Waals surface area contributed by atoms with Crippen molar-refractivity contribution in [1.29, 1.82) is 0 Å². The van der Waals surface area contributed by atoms with Crippen LogP contribution in [0.2, 0.25) is 0 Å². The van der Waals surface area contributed by atoms with Crippen molar-refractivity contribution in [3.63, 3.8) is 0 Å². The second-order valence-corrected chi connectivity index (χ2v) is 5.30. The summed E-state index contributed by atoms with van der Waals surface area (Å²) in [4.78, 5) is 0. The number of benzene rings is 1. The van der Waals surface area contributed by atoms with Gasteiger partial charge in [-0.25, -0.2) is 0 Å². The first-order chi connectivity index (χ1) is 6.57. The molecular formula is C10H12O3S. The molecule has 0 aliphatic carbocycles. The molecule has 1 aliphatic rings. The minimum Gasteiger partial charge on any atom is -0.269 e. The van der Waals surface area contributed by atoms with Crippen molar-refractivity contribution in [2.24, 2.45) is 0 Å². The largest absolute Gasteiger partial charge is 0.269 e. The predicted molar refractivity (Wildman–Crippen MR) is 53.7 cm³/mol. The van der Waals surface area contributed by atoms with E-state index in [4.69, 9.17) is 4.18 Å². The van der Waals surface area contributed by atoms with Crippen molar-refractivity contribution < 1.29 is 12.6 Å². The summed E-state index contributed by atoms with van der Waals surface area (Å²) in [5, 5.41) is 0. The molecule has 1 aromatic carbocycles. The van der Waals surface area contributed by atoms with Crippen molar-refractivity contribution >= 4 is 10.1 Å². The molecule has 0 amide bonds. The molecule has 1 atom stereocenters. The van der Waals surface area contributed by atoms with Gasteiger partial charge < -0.3 is 0 Å². The van der Waals surface area contributed by atoms with Gasteiger partial charge in [-0.2, -0.15) is 8.42 Å². The fourth-order valence-corrected chi connectivity index (χ4v) is 2.89. The summed E-state index contributed by atoms with van der Waals surface area (Å²) in [6.45, 7) is 2.28. The molecule has 0 unspecified atom stereocenters. The molecule has 76 valence electrons. The van der Waals surface area contributed by atoms with Crippen molar-refractivity contribution in [2.75, 3.05) is 12.4 Å². The summed E-state index contributed by atoms with van der Waals surface area (Å²) in [5.41, 5.74) is 2.19. The van der Waals surface area contributed by atoms with Crippen LogP contribution in [0.1, 0.15) is 17.0 Å². The lowest BCUT2D eigenvalue weighted by Crippen LogP contribution is -2.04. The Bertz CT molecular complexity index is 436. The van der Waals surface area contributed by atoms with E-state index in [2.05, 4.69) is 0 Å². The minimum atomic E-state index is -3.26. The zero-order valence-electron chi connectivity index (χ0n) is 7.93. The number of rotatable bonds is 1. The Hall–Kier alpha value is -0.870. The van der Waals surface area contributed by atoms with Gasteiger partial charge in [0.15, 0.2) is 0 Å². The van der Waals surface area contributed by atoms with Crippen molar-refractivity contribution in [3.05, 3.63) is 35.4 Å². The number of hydrogen-bond donors (Lipinski definition) is 0. The fourth-order valence-electron chi connectivity index (χ4n) is 1.64. The molecule has 0 radical (unpaired) electrons. The van der Waals surface area contributed by atoms with Gasteiger partial charge >= 0.3 is 0 Å². The molecule has 2 rings (SSSR count). The SMILES string of the molecule is Cc1cccc([C@H]2COS(=O)(=O)C2)c1. The lowest BCUT2D eigenvalue weighted by atomic mass is 10.0. The molecule has 1 saturated heterocycles. The molecule has 1 aromatic rings. The predicted octanol–water partition coefficient (Wildman–Crippen LogP) is 1.44. The molecule has 1 aliphatic heterocycles. The fraction of sp³-hybridized carbons (Fsp3) is 0.400. The molecule has 1 fully saturated rings. The first kappa shape index (κ1) is 9.68. The highest BCUT2D eigenvalue weighted by molar-refractivity contribution is 7.87. The maximum atomic E-state index is 11.1. The van der Waals surface area contributed by atoms with Crippen LogP contribution >= 0.6 is 0 Å². The third-order valence-corrected chi connectivity index (χ3v) is 3.67. The lowest BCUT2D eigenvalue weighted by molar-refractivity contribution is 0.340. The average molecular weight is 212 g/mol. The molecule has 1 heterocycles. The van der Waals surface area contributed by atoms with Crippen LogP contribution in [0.15, 0.2) is 24.3 Å². The maximum absolute atomic E-state index is 11.1. The Morgan fingerprint density at radius 1 is 1.43 bits per heavy atom. The molecule has 4 heteroatoms. The van der Waals surface area contributed by atoms with Crippen LogP contribution in [0.5, 0.6) is 0 Å². The molecule has 0 saturated carbocycles. The van der Waals surface area contributed by atoms with Gasteiger partial charge in [-0.1, -0.05) is 29.8 Å². The highest BCUT2D eigenvalue weighted by Crippen LogP contribution is 2.25. The van der Waals surface area contributed by atoms with Crippen molar-refractivity contribution in [2.45, 2.75) is 12.8 Å². The molecule has 0 N–H and O–H groups in total. The smallest absolute Gasteiger partial charge is 0.268 e. The van der Waals surface area contributed by atoms with Gasteiger partial charge in [-0.05, 0) is 12.5 Å². The quantitative estimate of drug-likeness (QED) is 0.661. The Balaban J connectivity index is 2.26. The van der Waals surface area contributed by atoms with Crippen molar-refractivity contribution in [3.8, 4) is 0 Å². The van der Waals surface area contributed by atoms with Gasteiger partial charge in [0.05, 0.1) is 12.4 Å². The van der Waals surface area contributed by atoms with E-state index in [1.165, 1.54) is 0 Å². The molecule has 3 nitrogen and oxygen atoms in total. The molecule has 0 bridgehead atoms. The summed E-state index contributed by atoms with van der Waals surface area (Å²) >= 11 is 0. The Morgan fingerprint density at radius 2 is 2.21 bits per heavy atom. The topological polar surface area (TPSA) is 43.4 Å². The van der Waals surface area contributed by atoms with E-state index in [1.807, 2.05) is 31.2 Å². The van der Waals surface area contributed by atoms with E-state index in [9.17, 15) is 8.42 Å². The normalized spacial score (nSPS) is 25.1. The van der Waals surface area contributed by atoms with Gasteiger partial charge in [0.2, 0.25) is 0 Å². The Kier molecular flexibility index (Phi) is 2.33. The van der Waals surface area contributed by atoms with E-state index in [1.54, 1.807) is 0 Å². The Morgan fingerprint density at radius 3 is 2.79 bits per heavy atom. The highest BCUT2D eigenvalue weighted by Gasteiger charge is 2.29. The molecule has 0 aromatic heterocycles. The summed E-state index contributed by atoms with van der Waals surface area (Å²) in [6.07, 6.45) is 0. The first-order valence-corrected chi connectivity index (χ1v) is 6.08. The first-order valence-electron chi connectivity index (χ1n) is 4.50. The van der Waals surface area contributed by atoms with Crippen molar-refractivity contribution in [1.82, 2.24) is 0 Å². The lowest BCUT2D eigenvalue weighted by Gasteiger charge is -2.06. The van der Waals surface area contributed by atoms with Crippen LogP contribution in [0.4, 0.5) is 0 Å². The van der Waals surface area contributed by atoms with Crippen LogP contribution in [0.3, 0.4) is 0 Å². The molecule has 14 heavy (non-hydrogen) atoms. The molecule has 0 spiro atoms. The second-order valence-electron chi connectivity index (χ2n) is 3.62. The third-order valence-electron chi connectivity index (χ3n) is 2.37. The van der Waals surface area contributed by atoms with Crippen LogP contribution in [-0.2, 0) is 14.3 Å². The summed E-state index contributed by atoms with van der Waals surface area (Å²) in [7, 11) is -3.26. The second kappa shape index (κ2) is 3.37. The van der Waals surface area contributed by atoms with Gasteiger partial charge in [-0.3, -0.25) is 4.18 Å². The minimum absolute atomic E-state index is 0.0000926. The standard InChI is InChI=1S/C10H12O3S/c1-8-3-2-4-9(5-8)10-6-13-14(11,12)7-10/h2-5,10H,6-7H2,1H3/t10-/m0/s1. The monoisotopic (exact) mass is 212 g/mol.